The smallest absolute Gasteiger partial charge is 0.270 e. The van der Waals surface area contributed by atoms with Gasteiger partial charge >= 0.3 is 0 Å². The van der Waals surface area contributed by atoms with Crippen LogP contribution in [0.3, 0.4) is 0 Å². The molecule has 4 aromatic rings. The Bertz CT molecular complexity index is 1580. The Balaban J connectivity index is 1.83. The number of amides is 2. The predicted molar refractivity (Wildman–Crippen MR) is 141 cm³/mol. The summed E-state index contributed by atoms with van der Waals surface area (Å²) >= 11 is 0. The van der Waals surface area contributed by atoms with Gasteiger partial charge in [-0.05, 0) is 47.5 Å². The number of nitrogens with zero attached hydrogens (tertiary/aromatic N) is 2. The Hall–Kier alpha value is -6.18. The van der Waals surface area contributed by atoms with E-state index < -0.39 is 56.0 Å². The first-order valence-corrected chi connectivity index (χ1v) is 11.2. The number of nitro benzene ring substituents is 2. The number of carbonyl (C=O) groups is 2. The number of phenols is 4. The van der Waals surface area contributed by atoms with E-state index in [4.69, 9.17) is 0 Å². The minimum atomic E-state index is -0.892. The van der Waals surface area contributed by atoms with Crippen molar-refractivity contribution in [1.82, 2.24) is 0 Å². The van der Waals surface area contributed by atoms with Gasteiger partial charge in [0.15, 0.2) is 23.0 Å². The van der Waals surface area contributed by atoms with Crippen LogP contribution in [0.5, 0.6) is 23.0 Å². The number of nitrogens with one attached hydrogen (secondary N) is 2. The quantitative estimate of drug-likeness (QED) is 0.0823. The zero-order valence-electron chi connectivity index (χ0n) is 20.1. The molecule has 2 amide bonds. The zero-order valence-corrected chi connectivity index (χ0v) is 20.1. The molecule has 4 aromatic carbocycles. The maximum atomic E-state index is 13.3. The van der Waals surface area contributed by atoms with E-state index in [0.29, 0.717) is 0 Å². The van der Waals surface area contributed by atoms with E-state index >= 15 is 0 Å². The second-order valence-corrected chi connectivity index (χ2v) is 8.29. The number of nitro groups is 2. The van der Waals surface area contributed by atoms with E-state index in [0.717, 1.165) is 48.5 Å². The van der Waals surface area contributed by atoms with Gasteiger partial charge in [0.2, 0.25) is 0 Å². The number of non-ortho nitro benzene ring substituents is 2. The first-order valence-electron chi connectivity index (χ1n) is 11.2. The molecule has 6 N–H and O–H groups in total. The molecule has 4 rings (SSSR count). The number of carbonyl (C=O) groups excluding carboxylic acids is 2. The van der Waals surface area contributed by atoms with Crippen molar-refractivity contribution in [3.05, 3.63) is 104 Å². The monoisotopic (exact) mass is 546 g/mol. The van der Waals surface area contributed by atoms with Crippen LogP contribution >= 0.6 is 0 Å². The number of hydrogen-bond acceptors (Lipinski definition) is 10. The fourth-order valence-corrected chi connectivity index (χ4v) is 3.74. The topological polar surface area (TPSA) is 225 Å². The van der Waals surface area contributed by atoms with Crippen LogP contribution in [0.1, 0.15) is 20.7 Å². The summed E-state index contributed by atoms with van der Waals surface area (Å²) in [6.45, 7) is 0. The van der Waals surface area contributed by atoms with Crippen LogP contribution in [0, 0.1) is 20.2 Å². The summed E-state index contributed by atoms with van der Waals surface area (Å²) in [5.41, 5.74) is -1.43. The van der Waals surface area contributed by atoms with E-state index in [1.165, 1.54) is 24.3 Å². The molecule has 40 heavy (non-hydrogen) atoms. The van der Waals surface area contributed by atoms with E-state index in [-0.39, 0.29) is 33.6 Å². The largest absolute Gasteiger partial charge is 0.504 e. The van der Waals surface area contributed by atoms with Gasteiger partial charge in [-0.3, -0.25) is 29.8 Å². The average molecular weight is 546 g/mol. The molecule has 202 valence electrons. The molecular formula is C26H18N4O10. The molecule has 0 saturated carbocycles. The minimum Gasteiger partial charge on any atom is -0.504 e. The Morgan fingerprint density at radius 1 is 0.550 bits per heavy atom. The lowest BCUT2D eigenvalue weighted by molar-refractivity contribution is -0.385. The summed E-state index contributed by atoms with van der Waals surface area (Å²) in [5.74, 6) is -3.75. The second kappa shape index (κ2) is 10.7. The predicted octanol–water partition coefficient (Wildman–Crippen LogP) is 4.50. The Kier molecular flexibility index (Phi) is 7.16. The minimum absolute atomic E-state index is 0.000276. The summed E-state index contributed by atoms with van der Waals surface area (Å²) in [6.07, 6.45) is 0. The molecule has 14 nitrogen and oxygen atoms in total. The van der Waals surface area contributed by atoms with E-state index in [9.17, 15) is 50.2 Å². The third-order valence-corrected chi connectivity index (χ3v) is 5.67. The molecule has 0 heterocycles. The van der Waals surface area contributed by atoms with Crippen LogP contribution in [0.4, 0.5) is 22.7 Å². The van der Waals surface area contributed by atoms with Gasteiger partial charge in [-0.25, -0.2) is 0 Å². The van der Waals surface area contributed by atoms with Gasteiger partial charge in [0.25, 0.3) is 23.2 Å². The van der Waals surface area contributed by atoms with Crippen LogP contribution in [-0.2, 0) is 0 Å². The lowest BCUT2D eigenvalue weighted by atomic mass is 9.93. The number of phenolic OH excluding ortho intramolecular Hbond substituents is 4. The number of benzene rings is 4. The third kappa shape index (κ3) is 5.55. The molecule has 0 aliphatic heterocycles. The molecule has 0 saturated heterocycles. The van der Waals surface area contributed by atoms with Gasteiger partial charge in [-0.2, -0.15) is 0 Å². The highest BCUT2D eigenvalue weighted by Gasteiger charge is 2.24. The molecule has 0 fully saturated rings. The summed E-state index contributed by atoms with van der Waals surface area (Å²) in [4.78, 5) is 47.9. The van der Waals surface area contributed by atoms with Crippen molar-refractivity contribution in [2.75, 3.05) is 10.6 Å². The highest BCUT2D eigenvalue weighted by atomic mass is 16.6. The zero-order chi connectivity index (χ0) is 29.1. The van der Waals surface area contributed by atoms with Crippen LogP contribution in [0.15, 0.2) is 72.8 Å². The van der Waals surface area contributed by atoms with Crippen LogP contribution in [0.25, 0.3) is 11.1 Å². The lowest BCUT2D eigenvalue weighted by Crippen LogP contribution is -2.16. The van der Waals surface area contributed by atoms with E-state index in [1.54, 1.807) is 0 Å². The highest BCUT2D eigenvalue weighted by Crippen LogP contribution is 2.35. The number of rotatable bonds is 7. The fourth-order valence-electron chi connectivity index (χ4n) is 3.74. The Labute approximate surface area is 223 Å². The highest BCUT2D eigenvalue weighted by molar-refractivity contribution is 6.13. The van der Waals surface area contributed by atoms with Gasteiger partial charge in [0, 0.05) is 47.8 Å². The van der Waals surface area contributed by atoms with Gasteiger partial charge in [0.1, 0.15) is 0 Å². The molecule has 0 atom stereocenters. The average Bonchev–Trinajstić information content (AvgIpc) is 2.92. The second-order valence-electron chi connectivity index (χ2n) is 8.29. The van der Waals surface area contributed by atoms with Gasteiger partial charge in [-0.1, -0.05) is 0 Å². The van der Waals surface area contributed by atoms with Crippen molar-refractivity contribution in [3.63, 3.8) is 0 Å². The van der Waals surface area contributed by atoms with Gasteiger partial charge < -0.3 is 31.1 Å². The summed E-state index contributed by atoms with van der Waals surface area (Å²) in [7, 11) is 0. The number of aromatic hydroxyl groups is 4. The van der Waals surface area contributed by atoms with E-state index in [2.05, 4.69) is 10.6 Å². The maximum Gasteiger partial charge on any atom is 0.270 e. The first kappa shape index (κ1) is 26.9. The van der Waals surface area contributed by atoms with E-state index in [1.807, 2.05) is 0 Å². The third-order valence-electron chi connectivity index (χ3n) is 5.67. The molecule has 0 radical (unpaired) electrons. The molecule has 0 aliphatic carbocycles. The molecule has 14 heteroatoms. The van der Waals surface area contributed by atoms with Crippen molar-refractivity contribution in [3.8, 4) is 34.1 Å². The van der Waals surface area contributed by atoms with Crippen molar-refractivity contribution in [2.24, 2.45) is 0 Å². The normalized spacial score (nSPS) is 10.5. The van der Waals surface area contributed by atoms with Crippen molar-refractivity contribution < 1.29 is 39.9 Å². The standard InChI is InChI=1S/C26H18N4O10/c31-21-7-1-13(9-23(21)33)27-25(35)19-11-15(29(37)38)3-5-17(19)18-6-4-16(30(39)40)12-20(18)26(36)28-14-2-8-22(32)24(34)10-14/h1-12,31-34H,(H,27,35)(H,28,36). The molecule has 0 bridgehead atoms. The first-order chi connectivity index (χ1) is 18.9. The fraction of sp³-hybridized carbons (Fsp3) is 0. The summed E-state index contributed by atoms with van der Waals surface area (Å²) in [5, 5.41) is 66.3. The summed E-state index contributed by atoms with van der Waals surface area (Å²) in [6, 6.07) is 13.3. The molecule has 0 spiro atoms. The van der Waals surface area contributed by atoms with Crippen LogP contribution in [-0.4, -0.2) is 42.1 Å². The van der Waals surface area contributed by atoms with Crippen molar-refractivity contribution in [1.29, 1.82) is 0 Å². The Morgan fingerprint density at radius 2 is 0.925 bits per heavy atom. The molecule has 0 aliphatic rings. The van der Waals surface area contributed by atoms with Crippen molar-refractivity contribution in [2.45, 2.75) is 0 Å². The maximum absolute atomic E-state index is 13.3. The van der Waals surface area contributed by atoms with Crippen molar-refractivity contribution >= 4 is 34.6 Å². The van der Waals surface area contributed by atoms with Crippen LogP contribution in [0.2, 0.25) is 0 Å². The Morgan fingerprint density at radius 3 is 1.25 bits per heavy atom. The molecular weight excluding hydrogens is 528 g/mol. The van der Waals surface area contributed by atoms with Gasteiger partial charge in [0.05, 0.1) is 21.0 Å². The number of anilines is 2. The summed E-state index contributed by atoms with van der Waals surface area (Å²) < 4.78 is 0. The molecule has 0 aromatic heterocycles. The molecule has 0 unspecified atom stereocenters. The lowest BCUT2D eigenvalue weighted by Gasteiger charge is -2.15. The van der Waals surface area contributed by atoms with Crippen LogP contribution < -0.4 is 10.6 Å². The van der Waals surface area contributed by atoms with Gasteiger partial charge in [-0.15, -0.1) is 0 Å². The number of hydrogen-bond donors (Lipinski definition) is 6. The SMILES string of the molecule is O=C(Nc1ccc(O)c(O)c1)c1cc([N+](=O)[O-])ccc1-c1ccc([N+](=O)[O-])cc1C(=O)Nc1ccc(O)c(O)c1.